The Balaban J connectivity index is 1.58. The second-order valence-electron chi connectivity index (χ2n) is 6.59. The molecule has 0 bridgehead atoms. The van der Waals surface area contributed by atoms with Crippen molar-refractivity contribution in [1.29, 1.82) is 0 Å². The van der Waals surface area contributed by atoms with Crippen LogP contribution in [0.25, 0.3) is 10.6 Å². The summed E-state index contributed by atoms with van der Waals surface area (Å²) in [5.41, 5.74) is 2.66. The lowest BCUT2D eigenvalue weighted by molar-refractivity contribution is -0.885. The summed E-state index contributed by atoms with van der Waals surface area (Å²) in [6, 6.07) is 9.84. The predicted octanol–water partition coefficient (Wildman–Crippen LogP) is 3.19. The number of quaternary nitrogens is 1. The third-order valence-electron chi connectivity index (χ3n) is 4.10. The van der Waals surface area contributed by atoms with Crippen LogP contribution < -0.4 is 10.2 Å². The van der Waals surface area contributed by atoms with Gasteiger partial charge in [-0.05, 0) is 19.1 Å². The van der Waals surface area contributed by atoms with Crippen molar-refractivity contribution < 1.29 is 22.9 Å². The molecule has 3 rings (SSSR count). The Bertz CT molecular complexity index is 989. The average Bonchev–Trinajstić information content (AvgIpc) is 3.11. The Morgan fingerprint density at radius 2 is 1.82 bits per heavy atom. The molecule has 1 atom stereocenters. The number of benzene rings is 2. The topological polar surface area (TPSA) is 46.4 Å². The smallest absolute Gasteiger partial charge is 0.279 e. The summed E-state index contributed by atoms with van der Waals surface area (Å²) < 4.78 is 39.8. The number of thiazole rings is 1. The van der Waals surface area contributed by atoms with Crippen LogP contribution >= 0.6 is 11.3 Å². The number of hydrogen-bond acceptors (Lipinski definition) is 3. The van der Waals surface area contributed by atoms with Crippen LogP contribution in [0, 0.1) is 24.4 Å². The van der Waals surface area contributed by atoms with E-state index in [4.69, 9.17) is 0 Å². The summed E-state index contributed by atoms with van der Waals surface area (Å²) in [6.45, 7) is 2.54. The van der Waals surface area contributed by atoms with Crippen molar-refractivity contribution in [1.82, 2.24) is 4.98 Å². The van der Waals surface area contributed by atoms with Gasteiger partial charge in [0.15, 0.2) is 24.0 Å². The maximum Gasteiger partial charge on any atom is 0.279 e. The molecule has 0 saturated carbocycles. The van der Waals surface area contributed by atoms with Crippen LogP contribution in [0.4, 0.5) is 18.9 Å². The van der Waals surface area contributed by atoms with E-state index < -0.39 is 23.4 Å². The molecule has 2 aromatic carbocycles. The molecule has 3 aromatic rings. The first-order chi connectivity index (χ1) is 13.3. The minimum absolute atomic E-state index is 0.0236. The van der Waals surface area contributed by atoms with Crippen molar-refractivity contribution >= 4 is 22.9 Å². The molecule has 28 heavy (non-hydrogen) atoms. The van der Waals surface area contributed by atoms with Crippen molar-refractivity contribution in [2.24, 2.45) is 0 Å². The predicted molar refractivity (Wildman–Crippen MR) is 103 cm³/mol. The second-order valence-corrected chi connectivity index (χ2v) is 7.45. The Morgan fingerprint density at radius 1 is 1.11 bits per heavy atom. The third kappa shape index (κ3) is 4.76. The van der Waals surface area contributed by atoms with Crippen molar-refractivity contribution in [3.8, 4) is 10.6 Å². The van der Waals surface area contributed by atoms with Gasteiger partial charge in [-0.3, -0.25) is 4.79 Å². The van der Waals surface area contributed by atoms with Gasteiger partial charge in [0.05, 0.1) is 12.7 Å². The van der Waals surface area contributed by atoms with E-state index in [2.05, 4.69) is 10.3 Å². The molecule has 4 nitrogen and oxygen atoms in total. The van der Waals surface area contributed by atoms with Crippen molar-refractivity contribution in [2.75, 3.05) is 18.9 Å². The average molecular weight is 406 g/mol. The minimum atomic E-state index is -1.61. The van der Waals surface area contributed by atoms with E-state index in [9.17, 15) is 18.0 Å². The summed E-state index contributed by atoms with van der Waals surface area (Å²) in [5.74, 6) is -4.82. The molecule has 1 aromatic heterocycles. The SMILES string of the molecule is Cc1ccc(-c2nc(C[NH+](C)CC(=O)Nc3ccc(F)c(F)c3F)cs2)cc1. The normalized spacial score (nSPS) is 12.0. The standard InChI is InChI=1S/C20H18F3N3OS/c1-12-3-5-13(6-4-12)20-24-14(11-28-20)9-26(2)10-17(27)25-16-8-7-15(21)18(22)19(16)23/h3-8,11H,9-10H2,1-2H3,(H,25,27)/p+1. The van der Waals surface area contributed by atoms with Gasteiger partial charge in [-0.15, -0.1) is 11.3 Å². The quantitative estimate of drug-likeness (QED) is 0.618. The molecule has 0 saturated heterocycles. The van der Waals surface area contributed by atoms with Gasteiger partial charge < -0.3 is 10.2 Å². The summed E-state index contributed by atoms with van der Waals surface area (Å²) in [5, 5.41) is 5.11. The number of nitrogens with one attached hydrogen (secondary N) is 2. The van der Waals surface area contributed by atoms with Gasteiger partial charge in [0.25, 0.3) is 5.91 Å². The first kappa shape index (κ1) is 20.0. The van der Waals surface area contributed by atoms with Crippen LogP contribution in [0.1, 0.15) is 11.3 Å². The van der Waals surface area contributed by atoms with Gasteiger partial charge in [0, 0.05) is 10.9 Å². The number of rotatable bonds is 6. The molecule has 0 aliphatic heterocycles. The van der Waals surface area contributed by atoms with E-state index in [-0.39, 0.29) is 12.2 Å². The number of likely N-dealkylation sites (N-methyl/N-ethyl adjacent to an activating group) is 1. The van der Waals surface area contributed by atoms with E-state index in [0.29, 0.717) is 6.54 Å². The number of carbonyl (C=O) groups is 1. The molecular weight excluding hydrogens is 387 g/mol. The Labute approximate surface area is 164 Å². The number of nitrogens with zero attached hydrogens (tertiary/aromatic N) is 1. The molecule has 1 unspecified atom stereocenters. The molecule has 0 radical (unpaired) electrons. The van der Waals surface area contributed by atoms with E-state index >= 15 is 0 Å². The number of hydrogen-bond donors (Lipinski definition) is 2. The summed E-state index contributed by atoms with van der Waals surface area (Å²) >= 11 is 1.53. The van der Waals surface area contributed by atoms with Gasteiger partial charge in [-0.1, -0.05) is 29.8 Å². The fraction of sp³-hybridized carbons (Fsp3) is 0.200. The fourth-order valence-corrected chi connectivity index (χ4v) is 3.51. The highest BCUT2D eigenvalue weighted by molar-refractivity contribution is 7.13. The number of halogens is 3. The first-order valence-electron chi connectivity index (χ1n) is 8.59. The van der Waals surface area contributed by atoms with Crippen LogP contribution in [-0.2, 0) is 11.3 Å². The lowest BCUT2D eigenvalue weighted by Crippen LogP contribution is -3.08. The third-order valence-corrected chi connectivity index (χ3v) is 5.04. The highest BCUT2D eigenvalue weighted by atomic mass is 32.1. The summed E-state index contributed by atoms with van der Waals surface area (Å²) in [7, 11) is 1.80. The molecule has 0 spiro atoms. The zero-order valence-corrected chi connectivity index (χ0v) is 16.2. The van der Waals surface area contributed by atoms with Crippen LogP contribution in [0.15, 0.2) is 41.8 Å². The maximum absolute atomic E-state index is 13.7. The van der Waals surface area contributed by atoms with E-state index in [1.807, 2.05) is 36.6 Å². The number of aryl methyl sites for hydroxylation is 1. The molecule has 146 valence electrons. The molecule has 0 aliphatic rings. The molecule has 1 amide bonds. The minimum Gasteiger partial charge on any atom is -0.325 e. The number of aromatic nitrogens is 1. The van der Waals surface area contributed by atoms with E-state index in [1.54, 1.807) is 7.05 Å². The zero-order chi connectivity index (χ0) is 20.3. The Kier molecular flexibility index (Phi) is 6.11. The Hall–Kier alpha value is -2.71. The number of anilines is 1. The first-order valence-corrected chi connectivity index (χ1v) is 9.47. The maximum atomic E-state index is 13.7. The van der Waals surface area contributed by atoms with Crippen molar-refractivity contribution in [3.63, 3.8) is 0 Å². The highest BCUT2D eigenvalue weighted by Gasteiger charge is 2.18. The molecule has 0 fully saturated rings. The lowest BCUT2D eigenvalue weighted by Gasteiger charge is -2.13. The zero-order valence-electron chi connectivity index (χ0n) is 15.4. The monoisotopic (exact) mass is 406 g/mol. The van der Waals surface area contributed by atoms with Crippen LogP contribution in [0.3, 0.4) is 0 Å². The van der Waals surface area contributed by atoms with E-state index in [0.717, 1.165) is 33.3 Å². The largest absolute Gasteiger partial charge is 0.325 e. The highest BCUT2D eigenvalue weighted by Crippen LogP contribution is 2.23. The lowest BCUT2D eigenvalue weighted by atomic mass is 10.2. The molecular formula is C20H19F3N3OS+. The van der Waals surface area contributed by atoms with Crippen LogP contribution in [0.5, 0.6) is 0 Å². The van der Waals surface area contributed by atoms with Gasteiger partial charge in [-0.25, -0.2) is 18.2 Å². The molecule has 0 aliphatic carbocycles. The van der Waals surface area contributed by atoms with Crippen molar-refractivity contribution in [2.45, 2.75) is 13.5 Å². The van der Waals surface area contributed by atoms with Gasteiger partial charge in [0.1, 0.15) is 17.2 Å². The molecule has 1 heterocycles. The van der Waals surface area contributed by atoms with Crippen LogP contribution in [-0.4, -0.2) is 24.5 Å². The van der Waals surface area contributed by atoms with E-state index in [1.165, 1.54) is 16.9 Å². The van der Waals surface area contributed by atoms with Gasteiger partial charge in [-0.2, -0.15) is 0 Å². The second kappa shape index (κ2) is 8.53. The van der Waals surface area contributed by atoms with Crippen LogP contribution in [0.2, 0.25) is 0 Å². The number of amides is 1. The number of carbonyl (C=O) groups excluding carboxylic acids is 1. The van der Waals surface area contributed by atoms with Crippen molar-refractivity contribution in [3.05, 3.63) is 70.5 Å². The van der Waals surface area contributed by atoms with Gasteiger partial charge >= 0.3 is 0 Å². The fourth-order valence-electron chi connectivity index (χ4n) is 2.68. The molecule has 8 heteroatoms. The summed E-state index contributed by atoms with van der Waals surface area (Å²) in [4.78, 5) is 17.5. The Morgan fingerprint density at radius 3 is 2.54 bits per heavy atom. The summed E-state index contributed by atoms with van der Waals surface area (Å²) in [6.07, 6.45) is 0. The molecule has 2 N–H and O–H groups in total. The van der Waals surface area contributed by atoms with Gasteiger partial charge in [0.2, 0.25) is 0 Å².